The van der Waals surface area contributed by atoms with Gasteiger partial charge in [-0.2, -0.15) is 4.98 Å². The summed E-state index contributed by atoms with van der Waals surface area (Å²) in [5, 5.41) is 16.8. The van der Waals surface area contributed by atoms with Crippen LogP contribution in [0, 0.1) is 15.9 Å². The van der Waals surface area contributed by atoms with Crippen molar-refractivity contribution in [3.63, 3.8) is 0 Å². The Kier molecular flexibility index (Phi) is 6.20. The number of hydrogen-bond acceptors (Lipinski definition) is 7. The number of non-ortho nitro benzene ring substituents is 1. The van der Waals surface area contributed by atoms with Gasteiger partial charge in [-0.15, -0.1) is 0 Å². The van der Waals surface area contributed by atoms with Gasteiger partial charge in [0.15, 0.2) is 0 Å². The first-order valence-corrected chi connectivity index (χ1v) is 9.35. The molecule has 29 heavy (non-hydrogen) atoms. The second kappa shape index (κ2) is 8.80. The molecule has 1 aliphatic rings. The van der Waals surface area contributed by atoms with Crippen LogP contribution < -0.4 is 15.5 Å². The summed E-state index contributed by atoms with van der Waals surface area (Å²) in [6.07, 6.45) is 4.78. The first kappa shape index (κ1) is 20.4. The SMILES string of the molecule is CN(C)c1ccnc(N[C@H]2CC[C@@H](NC(=O)c3ccc([N+](=O)[O-])cc3F)CC2)n1. The van der Waals surface area contributed by atoms with Crippen LogP contribution >= 0.6 is 0 Å². The fraction of sp³-hybridized carbons (Fsp3) is 0.421. The highest BCUT2D eigenvalue weighted by Gasteiger charge is 2.25. The topological polar surface area (TPSA) is 113 Å². The lowest BCUT2D eigenvalue weighted by Gasteiger charge is -2.29. The molecule has 3 rings (SSSR count). The number of nitrogens with zero attached hydrogens (tertiary/aromatic N) is 4. The highest BCUT2D eigenvalue weighted by Crippen LogP contribution is 2.23. The van der Waals surface area contributed by atoms with Crippen molar-refractivity contribution in [1.82, 2.24) is 15.3 Å². The lowest BCUT2D eigenvalue weighted by Crippen LogP contribution is -2.40. The molecule has 2 aromatic rings. The van der Waals surface area contributed by atoms with Crippen LogP contribution in [0.1, 0.15) is 36.0 Å². The number of amides is 1. The maximum Gasteiger partial charge on any atom is 0.272 e. The molecule has 9 nitrogen and oxygen atoms in total. The Bertz CT molecular complexity index is 899. The van der Waals surface area contributed by atoms with E-state index in [1.54, 1.807) is 6.20 Å². The van der Waals surface area contributed by atoms with Gasteiger partial charge in [-0.1, -0.05) is 0 Å². The van der Waals surface area contributed by atoms with Gasteiger partial charge >= 0.3 is 0 Å². The van der Waals surface area contributed by atoms with Crippen molar-refractivity contribution >= 4 is 23.4 Å². The van der Waals surface area contributed by atoms with Crippen LogP contribution in [0.25, 0.3) is 0 Å². The highest BCUT2D eigenvalue weighted by molar-refractivity contribution is 5.94. The average molecular weight is 402 g/mol. The van der Waals surface area contributed by atoms with E-state index >= 15 is 0 Å². The van der Waals surface area contributed by atoms with Crippen molar-refractivity contribution in [3.05, 3.63) is 52.0 Å². The molecular formula is C19H23FN6O3. The summed E-state index contributed by atoms with van der Waals surface area (Å²) in [6, 6.07) is 4.97. The summed E-state index contributed by atoms with van der Waals surface area (Å²) in [4.78, 5) is 32.9. The van der Waals surface area contributed by atoms with E-state index in [1.807, 2.05) is 25.1 Å². The molecule has 0 aliphatic heterocycles. The first-order chi connectivity index (χ1) is 13.8. The quantitative estimate of drug-likeness (QED) is 0.564. The molecule has 1 aromatic carbocycles. The molecule has 154 valence electrons. The Morgan fingerprint density at radius 2 is 1.90 bits per heavy atom. The van der Waals surface area contributed by atoms with Crippen LogP contribution in [-0.4, -0.2) is 47.0 Å². The number of anilines is 2. The van der Waals surface area contributed by atoms with Crippen molar-refractivity contribution in [2.45, 2.75) is 37.8 Å². The number of nitro groups is 1. The number of carbonyl (C=O) groups excluding carboxylic acids is 1. The number of carbonyl (C=O) groups is 1. The summed E-state index contributed by atoms with van der Waals surface area (Å²) in [5.41, 5.74) is -0.573. The Balaban J connectivity index is 1.53. The van der Waals surface area contributed by atoms with E-state index < -0.39 is 16.6 Å². The molecule has 1 amide bonds. The first-order valence-electron chi connectivity index (χ1n) is 9.35. The van der Waals surface area contributed by atoms with Crippen molar-refractivity contribution in [2.75, 3.05) is 24.3 Å². The van der Waals surface area contributed by atoms with Gasteiger partial charge in [-0.05, 0) is 37.8 Å². The standard InChI is InChI=1S/C19H23FN6O3/c1-25(2)17-9-10-21-19(24-17)23-13-5-3-12(4-6-13)22-18(27)15-8-7-14(26(28)29)11-16(15)20/h7-13H,3-6H2,1-2H3,(H,22,27)(H,21,23,24)/t12-,13+. The van der Waals surface area contributed by atoms with Crippen molar-refractivity contribution < 1.29 is 14.1 Å². The monoisotopic (exact) mass is 402 g/mol. The van der Waals surface area contributed by atoms with Gasteiger partial charge < -0.3 is 15.5 Å². The third kappa shape index (κ3) is 5.15. The normalized spacial score (nSPS) is 18.7. The Hall–Kier alpha value is -3.30. The zero-order valence-electron chi connectivity index (χ0n) is 16.3. The molecule has 1 aliphatic carbocycles. The highest BCUT2D eigenvalue weighted by atomic mass is 19.1. The lowest BCUT2D eigenvalue weighted by atomic mass is 9.91. The van der Waals surface area contributed by atoms with E-state index in [0.717, 1.165) is 49.7 Å². The number of aromatic nitrogens is 2. The van der Waals surface area contributed by atoms with E-state index in [4.69, 9.17) is 0 Å². The lowest BCUT2D eigenvalue weighted by molar-refractivity contribution is -0.385. The van der Waals surface area contributed by atoms with Gasteiger partial charge in [0.2, 0.25) is 5.95 Å². The summed E-state index contributed by atoms with van der Waals surface area (Å²) < 4.78 is 14.0. The minimum Gasteiger partial charge on any atom is -0.363 e. The van der Waals surface area contributed by atoms with Crippen molar-refractivity contribution in [3.8, 4) is 0 Å². The van der Waals surface area contributed by atoms with Gasteiger partial charge in [-0.3, -0.25) is 14.9 Å². The predicted octanol–water partition coefficient (Wildman–Crippen LogP) is 2.74. The van der Waals surface area contributed by atoms with E-state index in [0.29, 0.717) is 5.95 Å². The maximum atomic E-state index is 14.0. The number of nitro benzene ring substituents is 1. The minimum atomic E-state index is -0.898. The molecule has 0 bridgehead atoms. The summed E-state index contributed by atoms with van der Waals surface area (Å²) in [7, 11) is 3.82. The number of hydrogen-bond donors (Lipinski definition) is 2. The average Bonchev–Trinajstić information content (AvgIpc) is 2.69. The smallest absolute Gasteiger partial charge is 0.272 e. The van der Waals surface area contributed by atoms with E-state index in [9.17, 15) is 19.3 Å². The van der Waals surface area contributed by atoms with Crippen molar-refractivity contribution in [2.24, 2.45) is 0 Å². The molecule has 1 heterocycles. The van der Waals surface area contributed by atoms with Crippen LogP contribution in [0.15, 0.2) is 30.5 Å². The van der Waals surface area contributed by atoms with Gasteiger partial charge in [-0.25, -0.2) is 9.37 Å². The third-order valence-electron chi connectivity index (χ3n) is 4.90. The minimum absolute atomic E-state index is 0.0795. The van der Waals surface area contributed by atoms with Gasteiger partial charge in [0, 0.05) is 38.4 Å². The summed E-state index contributed by atoms with van der Waals surface area (Å²) in [6.45, 7) is 0. The maximum absolute atomic E-state index is 14.0. The van der Waals surface area contributed by atoms with E-state index in [2.05, 4.69) is 20.6 Å². The molecule has 1 fully saturated rings. The molecule has 1 saturated carbocycles. The van der Waals surface area contributed by atoms with Gasteiger partial charge in [0.25, 0.3) is 11.6 Å². The summed E-state index contributed by atoms with van der Waals surface area (Å²) in [5.74, 6) is -0.0778. The Labute approximate surface area is 167 Å². The Morgan fingerprint density at radius 3 is 2.52 bits per heavy atom. The number of halogens is 1. The van der Waals surface area contributed by atoms with Gasteiger partial charge in [0.1, 0.15) is 11.6 Å². The fourth-order valence-electron chi connectivity index (χ4n) is 3.30. The molecule has 0 saturated heterocycles. The fourth-order valence-corrected chi connectivity index (χ4v) is 3.30. The molecule has 0 spiro atoms. The van der Waals surface area contributed by atoms with Gasteiger partial charge in [0.05, 0.1) is 16.6 Å². The molecule has 0 atom stereocenters. The number of rotatable bonds is 6. The molecule has 1 aromatic heterocycles. The molecule has 0 radical (unpaired) electrons. The molecule has 0 unspecified atom stereocenters. The van der Waals surface area contributed by atoms with Crippen LogP contribution in [0.2, 0.25) is 0 Å². The third-order valence-corrected chi connectivity index (χ3v) is 4.90. The molecule has 2 N–H and O–H groups in total. The summed E-state index contributed by atoms with van der Waals surface area (Å²) >= 11 is 0. The zero-order chi connectivity index (χ0) is 21.0. The van der Waals surface area contributed by atoms with E-state index in [-0.39, 0.29) is 23.3 Å². The van der Waals surface area contributed by atoms with Crippen LogP contribution in [-0.2, 0) is 0 Å². The molecule has 10 heteroatoms. The second-order valence-corrected chi connectivity index (χ2v) is 7.22. The molecular weight excluding hydrogens is 379 g/mol. The Morgan fingerprint density at radius 1 is 1.21 bits per heavy atom. The number of benzene rings is 1. The predicted molar refractivity (Wildman–Crippen MR) is 107 cm³/mol. The second-order valence-electron chi connectivity index (χ2n) is 7.22. The zero-order valence-corrected chi connectivity index (χ0v) is 16.3. The van der Waals surface area contributed by atoms with Crippen LogP contribution in [0.5, 0.6) is 0 Å². The van der Waals surface area contributed by atoms with Crippen LogP contribution in [0.4, 0.5) is 21.8 Å². The number of nitrogens with one attached hydrogen (secondary N) is 2. The van der Waals surface area contributed by atoms with Crippen LogP contribution in [0.3, 0.4) is 0 Å². The van der Waals surface area contributed by atoms with Crippen molar-refractivity contribution in [1.29, 1.82) is 0 Å². The largest absolute Gasteiger partial charge is 0.363 e. The van der Waals surface area contributed by atoms with E-state index in [1.165, 1.54) is 0 Å².